The average Bonchev–Trinajstić information content (AvgIpc) is 3.35. The zero-order chi connectivity index (χ0) is 22.0. The monoisotopic (exact) mass is 435 g/mol. The van der Waals surface area contributed by atoms with E-state index < -0.39 is 5.82 Å². The molecular weight excluding hydrogens is 413 g/mol. The fourth-order valence-electron chi connectivity index (χ4n) is 3.70. The minimum atomic E-state index is -0.434. The predicted molar refractivity (Wildman–Crippen MR) is 122 cm³/mol. The van der Waals surface area contributed by atoms with Crippen LogP contribution in [0.3, 0.4) is 0 Å². The maximum absolute atomic E-state index is 14.0. The molecule has 1 aromatic carbocycles. The van der Waals surface area contributed by atoms with E-state index in [1.807, 2.05) is 49.5 Å². The van der Waals surface area contributed by atoms with Gasteiger partial charge in [-0.1, -0.05) is 0 Å². The van der Waals surface area contributed by atoms with Gasteiger partial charge in [0.2, 0.25) is 5.91 Å². The standard InChI is InChI=1S/C24H22FN3O2S/c1-14-20(11-23(29)27-13-17-4-3-5-26-17)22-9-16(25)12-28-24(22)21(14)8-15-6-18(30-2)10-19(31)7-15/h3-10,12,26,31H,11,13H2,1-2H3,(H,27,29)/b21-8-. The summed E-state index contributed by atoms with van der Waals surface area (Å²) in [4.78, 5) is 20.8. The van der Waals surface area contributed by atoms with Gasteiger partial charge in [-0.2, -0.15) is 0 Å². The number of ether oxygens (including phenoxy) is 1. The summed E-state index contributed by atoms with van der Waals surface area (Å²) in [6, 6.07) is 10.8. The molecule has 2 heterocycles. The van der Waals surface area contributed by atoms with Crippen molar-refractivity contribution >= 4 is 35.8 Å². The molecule has 1 aliphatic rings. The molecule has 0 saturated heterocycles. The summed E-state index contributed by atoms with van der Waals surface area (Å²) in [5, 5.41) is 2.90. The molecule has 158 valence electrons. The number of benzene rings is 1. The Bertz CT molecular complexity index is 1200. The zero-order valence-corrected chi connectivity index (χ0v) is 18.1. The summed E-state index contributed by atoms with van der Waals surface area (Å²) in [6.07, 6.45) is 5.11. The molecule has 1 aliphatic carbocycles. The van der Waals surface area contributed by atoms with Gasteiger partial charge in [-0.05, 0) is 66.1 Å². The third-order valence-electron chi connectivity index (χ3n) is 5.23. The van der Waals surface area contributed by atoms with Crippen LogP contribution >= 0.6 is 12.6 Å². The van der Waals surface area contributed by atoms with Crippen molar-refractivity contribution in [3.8, 4) is 5.75 Å². The maximum Gasteiger partial charge on any atom is 0.224 e. The van der Waals surface area contributed by atoms with Crippen molar-refractivity contribution in [1.29, 1.82) is 0 Å². The first kappa shape index (κ1) is 20.9. The number of hydrogen-bond donors (Lipinski definition) is 3. The van der Waals surface area contributed by atoms with Crippen LogP contribution in [0.15, 0.2) is 59.3 Å². The Kier molecular flexibility index (Phi) is 5.95. The highest BCUT2D eigenvalue weighted by Crippen LogP contribution is 2.43. The number of H-pyrrole nitrogens is 1. The Morgan fingerprint density at radius 1 is 1.32 bits per heavy atom. The third kappa shape index (κ3) is 4.56. The van der Waals surface area contributed by atoms with Crippen molar-refractivity contribution in [3.63, 3.8) is 0 Å². The SMILES string of the molecule is COc1cc(S)cc(/C=C2/C(C)=C(CC(=O)NCc3ccc[nH]3)c3cc(F)cnc32)c1. The largest absolute Gasteiger partial charge is 0.497 e. The number of carbonyl (C=O) groups is 1. The van der Waals surface area contributed by atoms with Gasteiger partial charge in [0.25, 0.3) is 0 Å². The molecule has 0 saturated carbocycles. The Balaban J connectivity index is 1.67. The van der Waals surface area contributed by atoms with Crippen LogP contribution in [-0.2, 0) is 11.3 Å². The Hall–Kier alpha value is -3.32. The molecule has 0 unspecified atom stereocenters. The van der Waals surface area contributed by atoms with Crippen LogP contribution in [0.1, 0.15) is 35.9 Å². The summed E-state index contributed by atoms with van der Waals surface area (Å²) in [5.41, 5.74) is 5.62. The lowest BCUT2D eigenvalue weighted by Crippen LogP contribution is -2.22. The number of amides is 1. The number of aromatic amines is 1. The Morgan fingerprint density at radius 3 is 2.90 bits per heavy atom. The molecule has 0 atom stereocenters. The molecule has 0 radical (unpaired) electrons. The Labute approximate surface area is 185 Å². The molecule has 7 heteroatoms. The fourth-order valence-corrected chi connectivity index (χ4v) is 3.97. The second-order valence-corrected chi connectivity index (χ2v) is 7.84. The molecule has 0 spiro atoms. The minimum absolute atomic E-state index is 0.137. The number of aromatic nitrogens is 2. The molecule has 5 nitrogen and oxygen atoms in total. The number of thiol groups is 1. The van der Waals surface area contributed by atoms with Crippen LogP contribution in [0.2, 0.25) is 0 Å². The molecule has 2 aromatic heterocycles. The normalized spacial score (nSPS) is 14.1. The number of pyridine rings is 1. The number of allylic oxidation sites excluding steroid dienone is 2. The van der Waals surface area contributed by atoms with Crippen LogP contribution in [0, 0.1) is 5.82 Å². The van der Waals surface area contributed by atoms with Crippen LogP contribution in [0.25, 0.3) is 17.2 Å². The molecule has 2 N–H and O–H groups in total. The highest BCUT2D eigenvalue weighted by atomic mass is 32.1. The molecule has 1 amide bonds. The number of halogens is 1. The number of fused-ring (bicyclic) bond motifs is 1. The molecular formula is C24H22FN3O2S. The second kappa shape index (κ2) is 8.81. The van der Waals surface area contributed by atoms with E-state index in [-0.39, 0.29) is 12.3 Å². The van der Waals surface area contributed by atoms with E-state index >= 15 is 0 Å². The summed E-state index contributed by atoms with van der Waals surface area (Å²) < 4.78 is 19.3. The lowest BCUT2D eigenvalue weighted by Gasteiger charge is -2.07. The van der Waals surface area contributed by atoms with Gasteiger partial charge in [0.1, 0.15) is 11.6 Å². The predicted octanol–water partition coefficient (Wildman–Crippen LogP) is 4.88. The van der Waals surface area contributed by atoms with Crippen molar-refractivity contribution in [3.05, 3.63) is 82.7 Å². The number of rotatable bonds is 6. The number of methoxy groups -OCH3 is 1. The van der Waals surface area contributed by atoms with E-state index in [4.69, 9.17) is 4.74 Å². The minimum Gasteiger partial charge on any atom is -0.497 e. The number of carbonyl (C=O) groups excluding carboxylic acids is 1. The second-order valence-electron chi connectivity index (χ2n) is 7.32. The lowest BCUT2D eigenvalue weighted by atomic mass is 10.0. The quantitative estimate of drug-likeness (QED) is 0.484. The van der Waals surface area contributed by atoms with Gasteiger partial charge in [-0.15, -0.1) is 12.6 Å². The van der Waals surface area contributed by atoms with E-state index in [2.05, 4.69) is 27.9 Å². The van der Waals surface area contributed by atoms with Crippen LogP contribution in [-0.4, -0.2) is 23.0 Å². The first-order valence-corrected chi connectivity index (χ1v) is 10.2. The maximum atomic E-state index is 14.0. The van der Waals surface area contributed by atoms with Gasteiger partial charge >= 0.3 is 0 Å². The van der Waals surface area contributed by atoms with Crippen molar-refractivity contribution < 1.29 is 13.9 Å². The van der Waals surface area contributed by atoms with Crippen molar-refractivity contribution in [2.75, 3.05) is 7.11 Å². The van der Waals surface area contributed by atoms with Gasteiger partial charge in [0.15, 0.2) is 0 Å². The van der Waals surface area contributed by atoms with Crippen LogP contribution in [0.4, 0.5) is 4.39 Å². The smallest absolute Gasteiger partial charge is 0.224 e. The molecule has 0 fully saturated rings. The fraction of sp³-hybridized carbons (Fsp3) is 0.167. The van der Waals surface area contributed by atoms with Gasteiger partial charge < -0.3 is 15.0 Å². The summed E-state index contributed by atoms with van der Waals surface area (Å²) in [5.74, 6) is 0.116. The van der Waals surface area contributed by atoms with Gasteiger partial charge in [0, 0.05) is 27.9 Å². The zero-order valence-electron chi connectivity index (χ0n) is 17.2. The van der Waals surface area contributed by atoms with Crippen molar-refractivity contribution in [2.24, 2.45) is 0 Å². The van der Waals surface area contributed by atoms with Crippen LogP contribution < -0.4 is 10.1 Å². The first-order valence-electron chi connectivity index (χ1n) is 9.79. The van der Waals surface area contributed by atoms with E-state index in [9.17, 15) is 9.18 Å². The number of nitrogens with zero attached hydrogens (tertiary/aromatic N) is 1. The number of nitrogens with one attached hydrogen (secondary N) is 2. The number of hydrogen-bond acceptors (Lipinski definition) is 4. The van der Waals surface area contributed by atoms with Gasteiger partial charge in [-0.25, -0.2) is 4.39 Å². The molecule has 0 bridgehead atoms. The van der Waals surface area contributed by atoms with Gasteiger partial charge in [0.05, 0.1) is 32.0 Å². The molecule has 0 aliphatic heterocycles. The van der Waals surface area contributed by atoms with Crippen molar-refractivity contribution in [2.45, 2.75) is 24.8 Å². The van der Waals surface area contributed by atoms with E-state index in [0.717, 1.165) is 32.9 Å². The van der Waals surface area contributed by atoms with Crippen LogP contribution in [0.5, 0.6) is 5.75 Å². The summed E-state index contributed by atoms with van der Waals surface area (Å²) in [6.45, 7) is 2.34. The van der Waals surface area contributed by atoms with Gasteiger partial charge in [-0.3, -0.25) is 9.78 Å². The lowest BCUT2D eigenvalue weighted by molar-refractivity contribution is -0.120. The summed E-state index contributed by atoms with van der Waals surface area (Å²) in [7, 11) is 1.60. The highest BCUT2D eigenvalue weighted by Gasteiger charge is 2.27. The Morgan fingerprint density at radius 2 is 2.16 bits per heavy atom. The molecule has 31 heavy (non-hydrogen) atoms. The molecule has 4 rings (SSSR count). The summed E-state index contributed by atoms with van der Waals surface area (Å²) >= 11 is 4.44. The van der Waals surface area contributed by atoms with E-state index in [1.165, 1.54) is 12.3 Å². The third-order valence-corrected chi connectivity index (χ3v) is 5.49. The van der Waals surface area contributed by atoms with E-state index in [1.54, 1.807) is 7.11 Å². The average molecular weight is 436 g/mol. The molecule has 3 aromatic rings. The van der Waals surface area contributed by atoms with Crippen molar-refractivity contribution in [1.82, 2.24) is 15.3 Å². The van der Waals surface area contributed by atoms with E-state index in [0.29, 0.717) is 23.6 Å². The highest BCUT2D eigenvalue weighted by molar-refractivity contribution is 7.80. The topological polar surface area (TPSA) is 67.0 Å². The first-order chi connectivity index (χ1) is 14.9.